The van der Waals surface area contributed by atoms with Gasteiger partial charge in [-0.05, 0) is 27.7 Å². The number of carbonyl (C=O) groups is 2. The van der Waals surface area contributed by atoms with Crippen molar-refractivity contribution >= 4 is 12.0 Å². The molecular formula is C12H24N2O4. The highest BCUT2D eigenvalue weighted by atomic mass is 16.5. The van der Waals surface area contributed by atoms with Crippen LogP contribution in [0.5, 0.6) is 0 Å². The van der Waals surface area contributed by atoms with E-state index in [1.807, 2.05) is 13.8 Å². The number of carboxylic acids is 1. The van der Waals surface area contributed by atoms with Crippen molar-refractivity contribution in [1.29, 1.82) is 0 Å². The average Bonchev–Trinajstić information content (AvgIpc) is 2.26. The summed E-state index contributed by atoms with van der Waals surface area (Å²) in [6.07, 6.45) is 0.132. The summed E-state index contributed by atoms with van der Waals surface area (Å²) in [5, 5.41) is 11.5. The van der Waals surface area contributed by atoms with E-state index >= 15 is 0 Å². The molecule has 0 aliphatic rings. The molecule has 0 aliphatic carbocycles. The van der Waals surface area contributed by atoms with E-state index in [1.165, 1.54) is 4.90 Å². The number of hydrogen-bond acceptors (Lipinski definition) is 3. The maximum absolute atomic E-state index is 11.7. The molecule has 0 fully saturated rings. The lowest BCUT2D eigenvalue weighted by molar-refractivity contribution is -0.141. The summed E-state index contributed by atoms with van der Waals surface area (Å²) in [5.41, 5.74) is 0. The zero-order valence-electron chi connectivity index (χ0n) is 11.8. The van der Waals surface area contributed by atoms with E-state index in [-0.39, 0.29) is 12.1 Å². The Hall–Kier alpha value is -1.30. The number of amides is 2. The van der Waals surface area contributed by atoms with Crippen LogP contribution in [0.2, 0.25) is 0 Å². The number of carboxylic acid groups (broad SMARTS) is 1. The third-order valence-electron chi connectivity index (χ3n) is 2.72. The lowest BCUT2D eigenvalue weighted by Gasteiger charge is -2.23. The summed E-state index contributed by atoms with van der Waals surface area (Å²) in [4.78, 5) is 24.0. The van der Waals surface area contributed by atoms with Gasteiger partial charge in [-0.2, -0.15) is 0 Å². The number of likely N-dealkylation sites (N-methyl/N-ethyl adjacent to an activating group) is 1. The predicted octanol–water partition coefficient (Wildman–Crippen LogP) is 1.16. The van der Waals surface area contributed by atoms with Crippen molar-refractivity contribution in [2.24, 2.45) is 5.92 Å². The molecule has 0 radical (unpaired) electrons. The van der Waals surface area contributed by atoms with Crippen LogP contribution in [0.4, 0.5) is 4.79 Å². The van der Waals surface area contributed by atoms with Gasteiger partial charge in [-0.25, -0.2) is 4.79 Å². The Bertz CT molecular complexity index is 281. The summed E-state index contributed by atoms with van der Waals surface area (Å²) in [6.45, 7) is 8.03. The molecule has 6 nitrogen and oxygen atoms in total. The molecule has 0 aromatic carbocycles. The van der Waals surface area contributed by atoms with E-state index in [1.54, 1.807) is 20.9 Å². The Morgan fingerprint density at radius 3 is 2.28 bits per heavy atom. The number of ether oxygens (including phenoxy) is 1. The third kappa shape index (κ3) is 6.44. The van der Waals surface area contributed by atoms with Crippen LogP contribution >= 0.6 is 0 Å². The molecule has 18 heavy (non-hydrogen) atoms. The molecule has 2 atom stereocenters. The fourth-order valence-corrected chi connectivity index (χ4v) is 1.17. The minimum atomic E-state index is -0.923. The number of rotatable bonds is 7. The van der Waals surface area contributed by atoms with Crippen molar-refractivity contribution in [3.05, 3.63) is 0 Å². The summed E-state index contributed by atoms with van der Waals surface area (Å²) in [6, 6.07) is -0.702. The van der Waals surface area contributed by atoms with Gasteiger partial charge in [0.1, 0.15) is 0 Å². The molecule has 6 heteroatoms. The molecule has 2 unspecified atom stereocenters. The van der Waals surface area contributed by atoms with Crippen LogP contribution in [0.25, 0.3) is 0 Å². The van der Waals surface area contributed by atoms with Crippen LogP contribution < -0.4 is 5.32 Å². The van der Waals surface area contributed by atoms with E-state index < -0.39 is 17.9 Å². The van der Waals surface area contributed by atoms with E-state index in [0.29, 0.717) is 13.2 Å². The van der Waals surface area contributed by atoms with Crippen LogP contribution in [0.15, 0.2) is 0 Å². The number of nitrogens with zero attached hydrogens (tertiary/aromatic N) is 1. The van der Waals surface area contributed by atoms with Crippen LogP contribution in [0.3, 0.4) is 0 Å². The maximum atomic E-state index is 11.7. The van der Waals surface area contributed by atoms with Gasteiger partial charge in [0, 0.05) is 19.6 Å². The summed E-state index contributed by atoms with van der Waals surface area (Å²) in [7, 11) is 1.65. The van der Waals surface area contributed by atoms with Crippen molar-refractivity contribution < 1.29 is 19.4 Å². The first kappa shape index (κ1) is 16.7. The van der Waals surface area contributed by atoms with E-state index in [2.05, 4.69) is 5.32 Å². The summed E-state index contributed by atoms with van der Waals surface area (Å²) in [5.74, 6) is -1.54. The molecule has 0 saturated heterocycles. The topological polar surface area (TPSA) is 78.9 Å². The number of nitrogens with one attached hydrogen (secondary N) is 1. The Morgan fingerprint density at radius 1 is 1.28 bits per heavy atom. The molecule has 2 N–H and O–H groups in total. The smallest absolute Gasteiger partial charge is 0.317 e. The van der Waals surface area contributed by atoms with Gasteiger partial charge in [0.05, 0.1) is 18.6 Å². The largest absolute Gasteiger partial charge is 0.481 e. The number of hydrogen-bond donors (Lipinski definition) is 2. The Balaban J connectivity index is 4.04. The van der Waals surface area contributed by atoms with Crippen molar-refractivity contribution in [3.8, 4) is 0 Å². The van der Waals surface area contributed by atoms with Gasteiger partial charge in [-0.3, -0.25) is 4.79 Å². The average molecular weight is 260 g/mol. The van der Waals surface area contributed by atoms with Gasteiger partial charge in [-0.15, -0.1) is 0 Å². The van der Waals surface area contributed by atoms with E-state index in [9.17, 15) is 9.59 Å². The van der Waals surface area contributed by atoms with Crippen molar-refractivity contribution in [2.45, 2.75) is 39.8 Å². The Labute approximate surface area is 108 Å². The van der Waals surface area contributed by atoms with Crippen molar-refractivity contribution in [2.75, 3.05) is 20.2 Å². The highest BCUT2D eigenvalue weighted by Gasteiger charge is 2.22. The van der Waals surface area contributed by atoms with Crippen LogP contribution in [-0.2, 0) is 9.53 Å². The normalized spacial score (nSPS) is 14.1. The fraction of sp³-hybridized carbons (Fsp3) is 0.833. The number of carbonyl (C=O) groups excluding carboxylic acids is 1. The summed E-state index contributed by atoms with van der Waals surface area (Å²) < 4.78 is 5.34. The molecule has 0 rings (SSSR count). The third-order valence-corrected chi connectivity index (χ3v) is 2.72. The monoisotopic (exact) mass is 260 g/mol. The van der Waals surface area contributed by atoms with E-state index in [0.717, 1.165) is 0 Å². The molecular weight excluding hydrogens is 236 g/mol. The zero-order valence-corrected chi connectivity index (χ0v) is 11.8. The van der Waals surface area contributed by atoms with E-state index in [4.69, 9.17) is 9.84 Å². The fourth-order valence-electron chi connectivity index (χ4n) is 1.17. The van der Waals surface area contributed by atoms with Crippen molar-refractivity contribution in [3.63, 3.8) is 0 Å². The molecule has 0 spiro atoms. The quantitative estimate of drug-likeness (QED) is 0.720. The number of aliphatic carboxylic acids is 1. The summed E-state index contributed by atoms with van der Waals surface area (Å²) >= 11 is 0. The van der Waals surface area contributed by atoms with Gasteiger partial charge in [0.25, 0.3) is 0 Å². The number of urea groups is 1. The zero-order chi connectivity index (χ0) is 14.3. The van der Waals surface area contributed by atoms with Gasteiger partial charge in [-0.1, -0.05) is 0 Å². The molecule has 0 aromatic heterocycles. The molecule has 0 bridgehead atoms. The van der Waals surface area contributed by atoms with Crippen LogP contribution in [-0.4, -0.2) is 54.4 Å². The Kier molecular flexibility index (Phi) is 7.35. The Morgan fingerprint density at radius 2 is 1.83 bits per heavy atom. The molecule has 106 valence electrons. The molecule has 0 heterocycles. The standard InChI is InChI=1S/C12H24N2O4/c1-8(2)18-7-6-14(5)12(17)13-10(4)9(3)11(15)16/h8-10H,6-7H2,1-5H3,(H,13,17)(H,15,16). The molecule has 0 aromatic rings. The van der Waals surface area contributed by atoms with Gasteiger partial charge in [0.15, 0.2) is 0 Å². The SMILES string of the molecule is CC(C)OCCN(C)C(=O)NC(C)C(C)C(=O)O. The van der Waals surface area contributed by atoms with Crippen LogP contribution in [0.1, 0.15) is 27.7 Å². The predicted molar refractivity (Wildman–Crippen MR) is 68.5 cm³/mol. The second-order valence-corrected chi connectivity index (χ2v) is 4.71. The van der Waals surface area contributed by atoms with Gasteiger partial charge in [0.2, 0.25) is 0 Å². The highest BCUT2D eigenvalue weighted by molar-refractivity contribution is 5.76. The lowest BCUT2D eigenvalue weighted by atomic mass is 10.0. The van der Waals surface area contributed by atoms with Gasteiger partial charge < -0.3 is 20.1 Å². The van der Waals surface area contributed by atoms with Gasteiger partial charge >= 0.3 is 12.0 Å². The minimum absolute atomic E-state index is 0.132. The second kappa shape index (κ2) is 7.92. The minimum Gasteiger partial charge on any atom is -0.481 e. The first-order valence-corrected chi connectivity index (χ1v) is 6.11. The maximum Gasteiger partial charge on any atom is 0.317 e. The lowest BCUT2D eigenvalue weighted by Crippen LogP contribution is -2.46. The van der Waals surface area contributed by atoms with Crippen LogP contribution in [0, 0.1) is 5.92 Å². The molecule has 0 aliphatic heterocycles. The van der Waals surface area contributed by atoms with Crippen molar-refractivity contribution in [1.82, 2.24) is 10.2 Å². The second-order valence-electron chi connectivity index (χ2n) is 4.71. The molecule has 2 amide bonds. The molecule has 0 saturated carbocycles. The highest BCUT2D eigenvalue weighted by Crippen LogP contribution is 2.03. The first-order chi connectivity index (χ1) is 8.25. The first-order valence-electron chi connectivity index (χ1n) is 6.11.